The highest BCUT2D eigenvalue weighted by atomic mass is 32.1. The fourth-order valence-electron chi connectivity index (χ4n) is 4.08. The van der Waals surface area contributed by atoms with E-state index in [9.17, 15) is 9.59 Å². The molecule has 3 rings (SSSR count). The summed E-state index contributed by atoms with van der Waals surface area (Å²) < 4.78 is 11.3. The van der Waals surface area contributed by atoms with E-state index < -0.39 is 0 Å². The van der Waals surface area contributed by atoms with Crippen LogP contribution in [0.25, 0.3) is 19.5 Å². The molecule has 0 bridgehead atoms. The van der Waals surface area contributed by atoms with Gasteiger partial charge in [0.25, 0.3) is 0 Å². The van der Waals surface area contributed by atoms with Gasteiger partial charge in [0.15, 0.2) is 0 Å². The minimum Gasteiger partial charge on any atom is -0.458 e. The van der Waals surface area contributed by atoms with Gasteiger partial charge in [-0.25, -0.2) is 9.59 Å². The molecule has 0 radical (unpaired) electrons. The molecule has 0 aliphatic carbocycles. The van der Waals surface area contributed by atoms with Crippen molar-refractivity contribution in [3.63, 3.8) is 0 Å². The van der Waals surface area contributed by atoms with Crippen molar-refractivity contribution in [3.05, 3.63) is 46.2 Å². The van der Waals surface area contributed by atoms with Crippen LogP contribution in [-0.4, -0.2) is 24.1 Å². The van der Waals surface area contributed by atoms with Gasteiger partial charge in [-0.15, -0.1) is 34.0 Å². The van der Waals surface area contributed by atoms with Crippen molar-refractivity contribution in [3.8, 4) is 19.5 Å². The molecule has 4 nitrogen and oxygen atoms in total. The molecular weight excluding hydrogens is 521 g/mol. The number of carbonyl (C=O) groups excluding carboxylic acids is 2. The van der Waals surface area contributed by atoms with Gasteiger partial charge < -0.3 is 9.47 Å². The summed E-state index contributed by atoms with van der Waals surface area (Å²) in [5, 5.41) is 0. The van der Waals surface area contributed by atoms with Crippen molar-refractivity contribution in [2.45, 2.75) is 104 Å². The van der Waals surface area contributed by atoms with Gasteiger partial charge in [-0.3, -0.25) is 0 Å². The Morgan fingerprint density at radius 3 is 1.38 bits per heavy atom. The second kappa shape index (κ2) is 15.5. The maximum atomic E-state index is 12.6. The first-order valence-corrected chi connectivity index (χ1v) is 16.1. The second-order valence-electron chi connectivity index (χ2n) is 9.62. The van der Waals surface area contributed by atoms with Gasteiger partial charge in [0.05, 0.1) is 12.2 Å². The average Bonchev–Trinajstić information content (AvgIpc) is 3.64. The summed E-state index contributed by atoms with van der Waals surface area (Å²) in [5.41, 5.74) is 0. The van der Waals surface area contributed by atoms with Gasteiger partial charge >= 0.3 is 11.9 Å². The van der Waals surface area contributed by atoms with Crippen LogP contribution in [0.3, 0.4) is 0 Å². The number of carbonyl (C=O) groups is 2. The molecule has 202 valence electrons. The molecule has 0 saturated carbocycles. The summed E-state index contributed by atoms with van der Waals surface area (Å²) >= 11 is 4.60. The van der Waals surface area contributed by atoms with Crippen molar-refractivity contribution >= 4 is 45.9 Å². The molecule has 37 heavy (non-hydrogen) atoms. The van der Waals surface area contributed by atoms with Crippen LogP contribution in [0.5, 0.6) is 0 Å². The lowest BCUT2D eigenvalue weighted by atomic mass is 10.1. The van der Waals surface area contributed by atoms with E-state index in [-0.39, 0.29) is 24.1 Å². The monoisotopic (exact) mass is 560 g/mol. The van der Waals surface area contributed by atoms with Gasteiger partial charge in [-0.05, 0) is 75.9 Å². The van der Waals surface area contributed by atoms with E-state index in [1.807, 2.05) is 38.1 Å². The minimum atomic E-state index is -0.239. The summed E-state index contributed by atoms with van der Waals surface area (Å²) in [4.78, 5) is 30.8. The molecule has 3 aromatic heterocycles. The van der Waals surface area contributed by atoms with Crippen molar-refractivity contribution in [1.82, 2.24) is 0 Å². The lowest BCUT2D eigenvalue weighted by Gasteiger charge is -2.12. The van der Waals surface area contributed by atoms with E-state index in [1.165, 1.54) is 61.2 Å². The Morgan fingerprint density at radius 1 is 0.595 bits per heavy atom. The molecule has 2 atom stereocenters. The van der Waals surface area contributed by atoms with Crippen LogP contribution in [0.15, 0.2) is 36.4 Å². The zero-order valence-corrected chi connectivity index (χ0v) is 25.0. The Morgan fingerprint density at radius 2 is 0.973 bits per heavy atom. The minimum absolute atomic E-state index is 0.0630. The van der Waals surface area contributed by atoms with Crippen LogP contribution in [0, 0.1) is 0 Å². The van der Waals surface area contributed by atoms with Crippen molar-refractivity contribution in [1.29, 1.82) is 0 Å². The fourth-order valence-corrected chi connectivity index (χ4v) is 7.04. The van der Waals surface area contributed by atoms with Crippen LogP contribution in [-0.2, 0) is 9.47 Å². The molecule has 0 amide bonds. The molecule has 0 spiro atoms. The molecule has 0 saturated heterocycles. The van der Waals surface area contributed by atoms with E-state index in [2.05, 4.69) is 26.0 Å². The number of esters is 2. The molecular formula is C30H40O4S3. The Bertz CT molecular complexity index is 1020. The summed E-state index contributed by atoms with van der Waals surface area (Å²) in [7, 11) is 0. The Hall–Kier alpha value is -1.96. The molecule has 3 heterocycles. The normalized spacial score (nSPS) is 12.9. The summed E-state index contributed by atoms with van der Waals surface area (Å²) in [6, 6.07) is 11.8. The van der Waals surface area contributed by atoms with Crippen molar-refractivity contribution in [2.75, 3.05) is 0 Å². The predicted octanol–water partition coefficient (Wildman–Crippen LogP) is 10.2. The average molecular weight is 561 g/mol. The number of hydrogen-bond donors (Lipinski definition) is 0. The standard InChI is InChI=1S/C30H40O4S3/c1-5-7-9-11-13-21(3)33-29(31)27-19-17-25(36-27)23-15-16-24(35-23)26-18-20-28(37-26)30(32)34-22(4)14-12-10-8-6-2/h15-22H,5-14H2,1-4H3/t21-,22-/m1/s1. The first-order valence-electron chi connectivity index (χ1n) is 13.6. The van der Waals surface area contributed by atoms with Gasteiger partial charge in [-0.1, -0.05) is 52.4 Å². The van der Waals surface area contributed by atoms with Crippen LogP contribution in [0.1, 0.15) is 111 Å². The molecule has 0 unspecified atom stereocenters. The van der Waals surface area contributed by atoms with Crippen LogP contribution in [0.2, 0.25) is 0 Å². The SMILES string of the molecule is CCCCCC[C@@H](C)OC(=O)c1ccc(-c2ccc(-c3ccc(C(=O)O[C@H](C)CCCCCC)s3)s2)s1. The second-order valence-corrected chi connectivity index (χ2v) is 12.9. The van der Waals surface area contributed by atoms with E-state index in [4.69, 9.17) is 9.47 Å². The highest BCUT2D eigenvalue weighted by Crippen LogP contribution is 2.40. The summed E-state index contributed by atoms with van der Waals surface area (Å²) in [6.07, 6.45) is 11.1. The first kappa shape index (κ1) is 29.6. The predicted molar refractivity (Wildman–Crippen MR) is 158 cm³/mol. The van der Waals surface area contributed by atoms with Crippen LogP contribution in [0.4, 0.5) is 0 Å². The molecule has 3 aromatic rings. The fraction of sp³-hybridized carbons (Fsp3) is 0.533. The number of hydrogen-bond acceptors (Lipinski definition) is 7. The van der Waals surface area contributed by atoms with E-state index in [0.717, 1.165) is 45.2 Å². The number of thiophene rings is 3. The zero-order valence-electron chi connectivity index (χ0n) is 22.5. The van der Waals surface area contributed by atoms with Crippen molar-refractivity contribution < 1.29 is 19.1 Å². The lowest BCUT2D eigenvalue weighted by Crippen LogP contribution is -2.14. The smallest absolute Gasteiger partial charge is 0.348 e. The summed E-state index contributed by atoms with van der Waals surface area (Å²) in [6.45, 7) is 8.34. The molecule has 0 aromatic carbocycles. The Labute approximate surface area is 234 Å². The van der Waals surface area contributed by atoms with E-state index in [1.54, 1.807) is 11.3 Å². The molecule has 0 N–H and O–H groups in total. The molecule has 7 heteroatoms. The third-order valence-corrected chi connectivity index (χ3v) is 9.86. The van der Waals surface area contributed by atoms with E-state index >= 15 is 0 Å². The number of rotatable bonds is 16. The lowest BCUT2D eigenvalue weighted by molar-refractivity contribution is 0.0315. The number of unbranched alkanes of at least 4 members (excludes halogenated alkanes) is 6. The van der Waals surface area contributed by atoms with Gasteiger partial charge in [0, 0.05) is 19.5 Å². The topological polar surface area (TPSA) is 52.6 Å². The largest absolute Gasteiger partial charge is 0.458 e. The Kier molecular flexibility index (Phi) is 12.4. The van der Waals surface area contributed by atoms with E-state index in [0.29, 0.717) is 9.75 Å². The van der Waals surface area contributed by atoms with Crippen molar-refractivity contribution in [2.24, 2.45) is 0 Å². The van der Waals surface area contributed by atoms with Crippen LogP contribution < -0.4 is 0 Å². The quantitative estimate of drug-likeness (QED) is 0.129. The third-order valence-electron chi connectivity index (χ3n) is 6.25. The highest BCUT2D eigenvalue weighted by Gasteiger charge is 2.18. The third kappa shape index (κ3) is 9.38. The zero-order chi connectivity index (χ0) is 26.6. The summed E-state index contributed by atoms with van der Waals surface area (Å²) in [5.74, 6) is -0.478. The Balaban J connectivity index is 1.54. The maximum absolute atomic E-state index is 12.6. The number of ether oxygens (including phenoxy) is 2. The maximum Gasteiger partial charge on any atom is 0.348 e. The molecule has 0 aliphatic heterocycles. The van der Waals surface area contributed by atoms with Crippen LogP contribution >= 0.6 is 34.0 Å². The first-order chi connectivity index (χ1) is 17.9. The molecule has 0 fully saturated rings. The van der Waals surface area contributed by atoms with Gasteiger partial charge in [0.1, 0.15) is 9.75 Å². The molecule has 0 aliphatic rings. The van der Waals surface area contributed by atoms with Gasteiger partial charge in [-0.2, -0.15) is 0 Å². The highest BCUT2D eigenvalue weighted by molar-refractivity contribution is 7.27. The van der Waals surface area contributed by atoms with Gasteiger partial charge in [0.2, 0.25) is 0 Å².